The number of fused-ring (bicyclic) bond motifs is 7. The third-order valence-corrected chi connectivity index (χ3v) is 13.3. The molecule has 0 spiro atoms. The Bertz CT molecular complexity index is 3550. The molecule has 10 aromatic carbocycles. The maximum atomic E-state index is 5.25. The van der Waals surface area contributed by atoms with E-state index < -0.39 is 0 Å². The summed E-state index contributed by atoms with van der Waals surface area (Å²) in [5.41, 5.74) is 17.4. The summed E-state index contributed by atoms with van der Waals surface area (Å²) < 4.78 is 0. The molecule has 0 saturated carbocycles. The van der Waals surface area contributed by atoms with Gasteiger partial charge in [-0.1, -0.05) is 220 Å². The number of benzene rings is 10. The fourth-order valence-electron chi connectivity index (χ4n) is 10.2. The van der Waals surface area contributed by atoms with Crippen LogP contribution in [0.1, 0.15) is 25.0 Å². The fraction of sp³-hybridized carbons (Fsp3) is 0.0492. The summed E-state index contributed by atoms with van der Waals surface area (Å²) in [5, 5.41) is 7.65. The minimum atomic E-state index is -0.163. The molecule has 0 bridgehead atoms. The Morgan fingerprint density at radius 2 is 0.857 bits per heavy atom. The summed E-state index contributed by atoms with van der Waals surface area (Å²) in [6.45, 7) is 4.66. The van der Waals surface area contributed by atoms with Crippen LogP contribution in [0, 0.1) is 0 Å². The Morgan fingerprint density at radius 3 is 1.57 bits per heavy atom. The number of hydrogen-bond donors (Lipinski definition) is 0. The Kier molecular flexibility index (Phi) is 8.55. The first-order valence-corrected chi connectivity index (χ1v) is 21.8. The van der Waals surface area contributed by atoms with Gasteiger partial charge in [0.15, 0.2) is 5.82 Å². The molecule has 0 radical (unpaired) electrons. The molecular formula is C61H42N2. The standard InChI is InChI=1S/C61H42N2/c1-61(2)55-22-11-10-19-50(55)52-20-12-21-53(59(52)61)57-38-56(62-60(63-57)46-14-4-3-5-15-46)44-31-27-41(28-32-44)39-23-25-40(26-24-39)42-29-33-45(34-30-42)58-49-18-9-7-16-47(49)37-54-48-17-8-6-13-43(48)35-36-51(54)58/h3-38H,1-2H3. The van der Waals surface area contributed by atoms with Crippen LogP contribution in [0.2, 0.25) is 0 Å². The van der Waals surface area contributed by atoms with E-state index in [9.17, 15) is 0 Å². The molecule has 1 aliphatic rings. The van der Waals surface area contributed by atoms with Crippen molar-refractivity contribution in [2.24, 2.45) is 0 Å². The molecule has 11 aromatic rings. The van der Waals surface area contributed by atoms with Crippen molar-refractivity contribution in [3.63, 3.8) is 0 Å². The molecule has 1 aliphatic carbocycles. The number of hydrogen-bond acceptors (Lipinski definition) is 2. The Labute approximate surface area is 367 Å². The van der Waals surface area contributed by atoms with Gasteiger partial charge in [0.25, 0.3) is 0 Å². The van der Waals surface area contributed by atoms with E-state index in [1.807, 2.05) is 6.07 Å². The van der Waals surface area contributed by atoms with Gasteiger partial charge in [-0.05, 0) is 100 Å². The van der Waals surface area contributed by atoms with Crippen molar-refractivity contribution in [1.82, 2.24) is 9.97 Å². The molecule has 2 heteroatoms. The highest BCUT2D eigenvalue weighted by atomic mass is 14.9. The van der Waals surface area contributed by atoms with Gasteiger partial charge in [0.2, 0.25) is 0 Å². The van der Waals surface area contributed by atoms with Crippen LogP contribution in [0.5, 0.6) is 0 Å². The van der Waals surface area contributed by atoms with E-state index >= 15 is 0 Å². The lowest BCUT2D eigenvalue weighted by atomic mass is 9.79. The summed E-state index contributed by atoms with van der Waals surface area (Å²) in [5.74, 6) is 0.723. The molecule has 0 saturated heterocycles. The van der Waals surface area contributed by atoms with Crippen LogP contribution in [0.25, 0.3) is 111 Å². The van der Waals surface area contributed by atoms with Crippen LogP contribution >= 0.6 is 0 Å². The second kappa shape index (κ2) is 14.6. The minimum Gasteiger partial charge on any atom is -0.228 e. The van der Waals surface area contributed by atoms with Crippen LogP contribution in [-0.4, -0.2) is 9.97 Å². The third-order valence-electron chi connectivity index (χ3n) is 13.3. The van der Waals surface area contributed by atoms with Crippen molar-refractivity contribution in [3.05, 3.63) is 230 Å². The van der Waals surface area contributed by atoms with Gasteiger partial charge < -0.3 is 0 Å². The molecule has 1 aromatic heterocycles. The molecule has 0 N–H and O–H groups in total. The summed E-state index contributed by atoms with van der Waals surface area (Å²) in [4.78, 5) is 10.4. The predicted octanol–water partition coefficient (Wildman–Crippen LogP) is 16.2. The first-order chi connectivity index (χ1) is 31.0. The molecule has 12 rings (SSSR count). The lowest BCUT2D eigenvalue weighted by Gasteiger charge is -2.24. The lowest BCUT2D eigenvalue weighted by Crippen LogP contribution is -2.16. The summed E-state index contributed by atoms with van der Waals surface area (Å²) >= 11 is 0. The zero-order valence-corrected chi connectivity index (χ0v) is 35.2. The average molecular weight is 803 g/mol. The smallest absolute Gasteiger partial charge is 0.160 e. The molecule has 63 heavy (non-hydrogen) atoms. The molecule has 0 aliphatic heterocycles. The Morgan fingerprint density at radius 1 is 0.317 bits per heavy atom. The van der Waals surface area contributed by atoms with E-state index in [1.165, 1.54) is 82.4 Å². The van der Waals surface area contributed by atoms with E-state index in [-0.39, 0.29) is 5.41 Å². The van der Waals surface area contributed by atoms with Crippen LogP contribution in [-0.2, 0) is 5.41 Å². The quantitative estimate of drug-likeness (QED) is 0.124. The molecule has 0 amide bonds. The van der Waals surface area contributed by atoms with Crippen LogP contribution in [0.4, 0.5) is 0 Å². The topological polar surface area (TPSA) is 25.8 Å². The van der Waals surface area contributed by atoms with Gasteiger partial charge in [0.1, 0.15) is 0 Å². The summed E-state index contributed by atoms with van der Waals surface area (Å²) in [7, 11) is 0. The first-order valence-electron chi connectivity index (χ1n) is 21.8. The summed E-state index contributed by atoms with van der Waals surface area (Å²) in [6, 6.07) is 79.1. The van der Waals surface area contributed by atoms with Crippen molar-refractivity contribution >= 4 is 32.3 Å². The molecular weight excluding hydrogens is 761 g/mol. The van der Waals surface area contributed by atoms with Gasteiger partial charge >= 0.3 is 0 Å². The SMILES string of the molecule is CC1(C)c2ccccc2-c2cccc(-c3cc(-c4ccc(-c5ccc(-c6ccc(-c7c8ccccc8cc8c7ccc7ccccc78)cc6)cc5)cc4)nc(-c4ccccc4)n3)c21. The van der Waals surface area contributed by atoms with E-state index in [4.69, 9.17) is 9.97 Å². The van der Waals surface area contributed by atoms with Crippen molar-refractivity contribution < 1.29 is 0 Å². The molecule has 0 fully saturated rings. The van der Waals surface area contributed by atoms with Gasteiger partial charge in [-0.15, -0.1) is 0 Å². The second-order valence-corrected chi connectivity index (χ2v) is 17.3. The number of aromatic nitrogens is 2. The predicted molar refractivity (Wildman–Crippen MR) is 265 cm³/mol. The molecule has 0 unspecified atom stereocenters. The third kappa shape index (κ3) is 6.17. The normalized spacial score (nSPS) is 12.7. The van der Waals surface area contributed by atoms with Crippen LogP contribution in [0.15, 0.2) is 218 Å². The largest absolute Gasteiger partial charge is 0.228 e. The van der Waals surface area contributed by atoms with Gasteiger partial charge in [-0.3, -0.25) is 0 Å². The van der Waals surface area contributed by atoms with Crippen molar-refractivity contribution in [1.29, 1.82) is 0 Å². The van der Waals surface area contributed by atoms with Gasteiger partial charge in [-0.2, -0.15) is 0 Å². The fourth-order valence-corrected chi connectivity index (χ4v) is 10.2. The van der Waals surface area contributed by atoms with Gasteiger partial charge in [-0.25, -0.2) is 9.97 Å². The molecule has 296 valence electrons. The Balaban J connectivity index is 0.859. The van der Waals surface area contributed by atoms with Crippen molar-refractivity contribution in [3.8, 4) is 78.4 Å². The summed E-state index contributed by atoms with van der Waals surface area (Å²) in [6.07, 6.45) is 0. The highest BCUT2D eigenvalue weighted by Crippen LogP contribution is 2.52. The number of rotatable bonds is 6. The first kappa shape index (κ1) is 36.9. The van der Waals surface area contributed by atoms with E-state index in [0.717, 1.165) is 39.5 Å². The van der Waals surface area contributed by atoms with E-state index in [1.54, 1.807) is 0 Å². The zero-order chi connectivity index (χ0) is 42.1. The van der Waals surface area contributed by atoms with Gasteiger partial charge in [0, 0.05) is 22.1 Å². The van der Waals surface area contributed by atoms with Crippen LogP contribution in [0.3, 0.4) is 0 Å². The number of nitrogens with zero attached hydrogens (tertiary/aromatic N) is 2. The van der Waals surface area contributed by atoms with Gasteiger partial charge in [0.05, 0.1) is 11.4 Å². The van der Waals surface area contributed by atoms with Crippen molar-refractivity contribution in [2.75, 3.05) is 0 Å². The second-order valence-electron chi connectivity index (χ2n) is 17.3. The molecule has 1 heterocycles. The maximum absolute atomic E-state index is 5.25. The monoisotopic (exact) mass is 802 g/mol. The van der Waals surface area contributed by atoms with Crippen molar-refractivity contribution in [2.45, 2.75) is 19.3 Å². The minimum absolute atomic E-state index is 0.163. The molecule has 0 atom stereocenters. The highest BCUT2D eigenvalue weighted by molar-refractivity contribution is 6.20. The Hall–Kier alpha value is -7.94. The van der Waals surface area contributed by atoms with Crippen LogP contribution < -0.4 is 0 Å². The average Bonchev–Trinajstić information content (AvgIpc) is 3.59. The van der Waals surface area contributed by atoms with E-state index in [0.29, 0.717) is 0 Å². The maximum Gasteiger partial charge on any atom is 0.160 e. The highest BCUT2D eigenvalue weighted by Gasteiger charge is 2.37. The lowest BCUT2D eigenvalue weighted by molar-refractivity contribution is 0.662. The van der Waals surface area contributed by atoms with E-state index in [2.05, 4.69) is 226 Å². The molecule has 2 nitrogen and oxygen atoms in total. The zero-order valence-electron chi connectivity index (χ0n) is 35.2.